The van der Waals surface area contributed by atoms with Crippen LogP contribution in [0, 0.1) is 0 Å². The summed E-state index contributed by atoms with van der Waals surface area (Å²) in [5.41, 5.74) is -0.501. The Labute approximate surface area is 107 Å². The van der Waals surface area contributed by atoms with Crippen molar-refractivity contribution in [2.75, 3.05) is 6.61 Å². The first kappa shape index (κ1) is 13.2. The minimum absolute atomic E-state index is 0.0440. The Morgan fingerprint density at radius 3 is 2.44 bits per heavy atom. The van der Waals surface area contributed by atoms with E-state index in [0.717, 1.165) is 38.5 Å². The van der Waals surface area contributed by atoms with Gasteiger partial charge in [-0.05, 0) is 45.4 Å². The molecular weight excluding hydrogens is 234 g/mol. The van der Waals surface area contributed by atoms with Crippen LogP contribution in [0.25, 0.3) is 0 Å². The van der Waals surface area contributed by atoms with E-state index in [1.54, 1.807) is 11.8 Å². The third-order valence-corrected chi connectivity index (χ3v) is 4.18. The van der Waals surface area contributed by atoms with Gasteiger partial charge in [-0.25, -0.2) is 4.79 Å². The van der Waals surface area contributed by atoms with E-state index in [0.29, 0.717) is 6.61 Å². The Kier molecular flexibility index (Phi) is 3.78. The molecule has 2 aliphatic heterocycles. The van der Waals surface area contributed by atoms with Gasteiger partial charge in [-0.1, -0.05) is 0 Å². The predicted molar refractivity (Wildman–Crippen MR) is 65.3 cm³/mol. The van der Waals surface area contributed by atoms with Gasteiger partial charge in [-0.15, -0.1) is 0 Å². The lowest BCUT2D eigenvalue weighted by atomic mass is 9.72. The van der Waals surface area contributed by atoms with Gasteiger partial charge in [0.25, 0.3) is 0 Å². The lowest BCUT2D eigenvalue weighted by Crippen LogP contribution is -2.62. The lowest BCUT2D eigenvalue weighted by molar-refractivity contribution is -0.143. The molecule has 0 spiro atoms. The third-order valence-electron chi connectivity index (χ3n) is 4.18. The summed E-state index contributed by atoms with van der Waals surface area (Å²) in [6, 6.07) is 0.172. The van der Waals surface area contributed by atoms with Crippen LogP contribution >= 0.6 is 0 Å². The zero-order chi connectivity index (χ0) is 13.2. The number of carbonyl (C=O) groups is 2. The van der Waals surface area contributed by atoms with E-state index in [1.165, 1.54) is 0 Å². The number of hydrogen-bond acceptors (Lipinski definition) is 3. The summed E-state index contributed by atoms with van der Waals surface area (Å²) in [7, 11) is 0. The van der Waals surface area contributed by atoms with Gasteiger partial charge in [0.05, 0.1) is 18.6 Å². The smallest absolute Gasteiger partial charge is 0.410 e. The Hall–Kier alpha value is -1.26. The zero-order valence-corrected chi connectivity index (χ0v) is 10.9. The van der Waals surface area contributed by atoms with Crippen LogP contribution in [0.2, 0.25) is 0 Å². The number of aliphatic carboxylic acids is 1. The molecule has 2 aliphatic rings. The number of carbonyl (C=O) groups excluding carboxylic acids is 1. The molecule has 5 nitrogen and oxygen atoms in total. The van der Waals surface area contributed by atoms with Crippen molar-refractivity contribution >= 4 is 12.1 Å². The minimum atomic E-state index is -0.827. The number of fused-ring (bicyclic) bond motifs is 2. The topological polar surface area (TPSA) is 66.8 Å². The van der Waals surface area contributed by atoms with Gasteiger partial charge in [-0.2, -0.15) is 0 Å². The van der Waals surface area contributed by atoms with Gasteiger partial charge < -0.3 is 9.84 Å². The molecule has 0 saturated carbocycles. The second kappa shape index (κ2) is 5.16. The number of rotatable bonds is 3. The predicted octanol–water partition coefficient (Wildman–Crippen LogP) is 2.39. The Morgan fingerprint density at radius 2 is 1.94 bits per heavy atom. The van der Waals surface area contributed by atoms with Gasteiger partial charge >= 0.3 is 12.1 Å². The average molecular weight is 255 g/mol. The molecule has 2 saturated heterocycles. The fraction of sp³-hybridized carbons (Fsp3) is 0.846. The van der Waals surface area contributed by atoms with Gasteiger partial charge in [0.2, 0.25) is 0 Å². The van der Waals surface area contributed by atoms with Crippen LogP contribution in [0.1, 0.15) is 51.9 Å². The molecule has 2 rings (SSSR count). The van der Waals surface area contributed by atoms with E-state index in [1.807, 2.05) is 0 Å². The van der Waals surface area contributed by atoms with Crippen LogP contribution < -0.4 is 0 Å². The summed E-state index contributed by atoms with van der Waals surface area (Å²) in [5.74, 6) is -0.827. The highest BCUT2D eigenvalue weighted by Gasteiger charge is 2.50. The number of hydrogen-bond donors (Lipinski definition) is 1. The fourth-order valence-electron chi connectivity index (χ4n) is 3.57. The van der Waals surface area contributed by atoms with Crippen molar-refractivity contribution < 1.29 is 19.4 Å². The molecule has 1 amide bonds. The van der Waals surface area contributed by atoms with E-state index >= 15 is 0 Å². The molecule has 0 radical (unpaired) electrons. The SMILES string of the molecule is CCOC(=O)N1C2CCCC1(CC(=O)O)CCC2. The minimum Gasteiger partial charge on any atom is -0.481 e. The molecule has 2 heterocycles. The standard InChI is InChI=1S/C13H21NO4/c1-2-18-12(17)14-10-5-3-7-13(14,8-4-6-10)9-11(15)16/h10H,2-9H2,1H3,(H,15,16). The quantitative estimate of drug-likeness (QED) is 0.840. The van der Waals surface area contributed by atoms with E-state index in [-0.39, 0.29) is 18.6 Å². The summed E-state index contributed by atoms with van der Waals surface area (Å²) in [6.07, 6.45) is 5.25. The first-order valence-corrected chi connectivity index (χ1v) is 6.77. The third kappa shape index (κ3) is 2.31. The Morgan fingerprint density at radius 1 is 1.33 bits per heavy atom. The van der Waals surface area contributed by atoms with Crippen LogP contribution in [-0.4, -0.2) is 40.3 Å². The molecular formula is C13H21NO4. The molecule has 2 bridgehead atoms. The molecule has 0 unspecified atom stereocenters. The number of carboxylic acid groups (broad SMARTS) is 1. The van der Waals surface area contributed by atoms with Crippen LogP contribution in [-0.2, 0) is 9.53 Å². The number of nitrogens with zero attached hydrogens (tertiary/aromatic N) is 1. The van der Waals surface area contributed by atoms with Crippen molar-refractivity contribution in [3.63, 3.8) is 0 Å². The van der Waals surface area contributed by atoms with Gasteiger partial charge in [-0.3, -0.25) is 9.69 Å². The zero-order valence-electron chi connectivity index (χ0n) is 10.9. The van der Waals surface area contributed by atoms with Crippen LogP contribution in [0.3, 0.4) is 0 Å². The second-order valence-electron chi connectivity index (χ2n) is 5.30. The van der Waals surface area contributed by atoms with E-state index < -0.39 is 11.5 Å². The van der Waals surface area contributed by atoms with Crippen LogP contribution in [0.4, 0.5) is 4.79 Å². The van der Waals surface area contributed by atoms with Crippen LogP contribution in [0.15, 0.2) is 0 Å². The van der Waals surface area contributed by atoms with Crippen molar-refractivity contribution in [1.29, 1.82) is 0 Å². The Bertz CT molecular complexity index is 332. The maximum absolute atomic E-state index is 12.1. The van der Waals surface area contributed by atoms with Crippen LogP contribution in [0.5, 0.6) is 0 Å². The fourth-order valence-corrected chi connectivity index (χ4v) is 3.57. The molecule has 1 N–H and O–H groups in total. The van der Waals surface area contributed by atoms with E-state index in [2.05, 4.69) is 0 Å². The highest BCUT2D eigenvalue weighted by atomic mass is 16.6. The number of carboxylic acids is 1. The van der Waals surface area contributed by atoms with Gasteiger partial charge in [0.1, 0.15) is 0 Å². The van der Waals surface area contributed by atoms with Gasteiger partial charge in [0.15, 0.2) is 0 Å². The normalized spacial score (nSPS) is 30.9. The first-order chi connectivity index (χ1) is 8.59. The highest BCUT2D eigenvalue weighted by molar-refractivity contribution is 5.73. The largest absolute Gasteiger partial charge is 0.481 e. The molecule has 0 aliphatic carbocycles. The number of piperidine rings is 2. The van der Waals surface area contributed by atoms with Crippen molar-refractivity contribution in [1.82, 2.24) is 4.90 Å². The second-order valence-corrected chi connectivity index (χ2v) is 5.30. The molecule has 0 aromatic rings. The molecule has 0 aromatic carbocycles. The molecule has 5 heteroatoms. The molecule has 18 heavy (non-hydrogen) atoms. The van der Waals surface area contributed by atoms with Crippen molar-refractivity contribution in [3.05, 3.63) is 0 Å². The summed E-state index contributed by atoms with van der Waals surface area (Å²) in [5, 5.41) is 9.12. The summed E-state index contributed by atoms with van der Waals surface area (Å²) in [6.45, 7) is 2.12. The molecule has 2 fully saturated rings. The Balaban J connectivity index is 2.25. The van der Waals surface area contributed by atoms with E-state index in [4.69, 9.17) is 9.84 Å². The monoisotopic (exact) mass is 255 g/mol. The molecule has 0 atom stereocenters. The van der Waals surface area contributed by atoms with Crippen molar-refractivity contribution in [3.8, 4) is 0 Å². The molecule has 0 aromatic heterocycles. The highest BCUT2D eigenvalue weighted by Crippen LogP contribution is 2.44. The van der Waals surface area contributed by atoms with Gasteiger partial charge in [0, 0.05) is 6.04 Å². The van der Waals surface area contributed by atoms with Crippen molar-refractivity contribution in [2.45, 2.75) is 63.5 Å². The summed E-state index contributed by atoms with van der Waals surface area (Å²) < 4.78 is 5.12. The number of ether oxygens (including phenoxy) is 1. The first-order valence-electron chi connectivity index (χ1n) is 6.77. The van der Waals surface area contributed by atoms with Crippen molar-refractivity contribution in [2.24, 2.45) is 0 Å². The molecule has 102 valence electrons. The summed E-state index contributed by atoms with van der Waals surface area (Å²) in [4.78, 5) is 25.0. The maximum Gasteiger partial charge on any atom is 0.410 e. The van der Waals surface area contributed by atoms with E-state index in [9.17, 15) is 9.59 Å². The maximum atomic E-state index is 12.1. The summed E-state index contributed by atoms with van der Waals surface area (Å²) >= 11 is 0. The number of amides is 1. The average Bonchev–Trinajstić information content (AvgIpc) is 2.27. The lowest BCUT2D eigenvalue weighted by Gasteiger charge is -2.53.